The van der Waals surface area contributed by atoms with Crippen molar-refractivity contribution in [3.05, 3.63) is 78.9 Å². The van der Waals surface area contributed by atoms with Gasteiger partial charge in [0.1, 0.15) is 11.5 Å². The first-order valence-corrected chi connectivity index (χ1v) is 11.5. The van der Waals surface area contributed by atoms with E-state index in [1.165, 1.54) is 0 Å². The summed E-state index contributed by atoms with van der Waals surface area (Å²) < 4.78 is 16.5. The monoisotopic (exact) mass is 470 g/mol. The molecule has 1 aliphatic rings. The molecule has 3 aromatic carbocycles. The summed E-state index contributed by atoms with van der Waals surface area (Å²) in [5, 5.41) is 4.07. The number of aromatic nitrogens is 2. The number of nitrogens with zero attached hydrogens (tertiary/aromatic N) is 4. The molecule has 1 amide bonds. The molecule has 0 bridgehead atoms. The van der Waals surface area contributed by atoms with E-state index >= 15 is 0 Å². The van der Waals surface area contributed by atoms with Crippen LogP contribution in [-0.4, -0.2) is 60.8 Å². The van der Waals surface area contributed by atoms with Gasteiger partial charge < -0.3 is 23.8 Å². The molecule has 2 heterocycles. The summed E-state index contributed by atoms with van der Waals surface area (Å²) in [4.78, 5) is 21.3. The van der Waals surface area contributed by atoms with Gasteiger partial charge >= 0.3 is 0 Å². The summed E-state index contributed by atoms with van der Waals surface area (Å²) in [6, 6.07) is 25.0. The summed E-state index contributed by atoms with van der Waals surface area (Å²) in [5.74, 6) is 2.30. The van der Waals surface area contributed by atoms with Crippen LogP contribution in [0.4, 0.5) is 5.69 Å². The second-order valence-electron chi connectivity index (χ2n) is 8.17. The number of anilines is 1. The second-order valence-corrected chi connectivity index (χ2v) is 8.17. The van der Waals surface area contributed by atoms with Gasteiger partial charge in [-0.25, -0.2) is 0 Å². The highest BCUT2D eigenvalue weighted by Crippen LogP contribution is 2.25. The minimum atomic E-state index is -0.0334. The van der Waals surface area contributed by atoms with Gasteiger partial charge in [-0.1, -0.05) is 41.6 Å². The predicted molar refractivity (Wildman–Crippen MR) is 132 cm³/mol. The summed E-state index contributed by atoms with van der Waals surface area (Å²) in [5.41, 5.74) is 2.74. The molecular formula is C27H26N4O4. The van der Waals surface area contributed by atoms with Crippen LogP contribution in [0.2, 0.25) is 0 Å². The molecule has 1 fully saturated rings. The zero-order valence-electron chi connectivity index (χ0n) is 19.5. The highest BCUT2D eigenvalue weighted by atomic mass is 16.5. The van der Waals surface area contributed by atoms with Gasteiger partial charge in [0.25, 0.3) is 11.8 Å². The van der Waals surface area contributed by atoms with E-state index in [-0.39, 0.29) is 12.5 Å². The van der Waals surface area contributed by atoms with Crippen LogP contribution >= 0.6 is 0 Å². The van der Waals surface area contributed by atoms with Crippen molar-refractivity contribution in [3.8, 4) is 34.3 Å². The quantitative estimate of drug-likeness (QED) is 0.402. The van der Waals surface area contributed by atoms with E-state index in [2.05, 4.69) is 15.0 Å². The number of carbonyl (C=O) groups is 1. The number of methoxy groups -OCH3 is 1. The molecule has 1 aliphatic heterocycles. The fourth-order valence-corrected chi connectivity index (χ4v) is 4.01. The lowest BCUT2D eigenvalue weighted by atomic mass is 10.2. The van der Waals surface area contributed by atoms with E-state index in [1.807, 2.05) is 77.7 Å². The molecule has 5 rings (SSSR count). The number of hydrogen-bond donors (Lipinski definition) is 0. The zero-order chi connectivity index (χ0) is 24.0. The highest BCUT2D eigenvalue weighted by molar-refractivity contribution is 5.78. The molecular weight excluding hydrogens is 444 g/mol. The van der Waals surface area contributed by atoms with Crippen LogP contribution in [0.1, 0.15) is 0 Å². The van der Waals surface area contributed by atoms with Gasteiger partial charge in [-0.05, 0) is 42.5 Å². The summed E-state index contributed by atoms with van der Waals surface area (Å²) in [7, 11) is 1.66. The summed E-state index contributed by atoms with van der Waals surface area (Å²) in [6.45, 7) is 2.82. The maximum Gasteiger partial charge on any atom is 0.260 e. The molecule has 0 radical (unpaired) electrons. The van der Waals surface area contributed by atoms with Gasteiger partial charge in [-0.15, -0.1) is 0 Å². The largest absolute Gasteiger partial charge is 0.497 e. The Kier molecular flexibility index (Phi) is 6.61. The topological polar surface area (TPSA) is 80.9 Å². The zero-order valence-corrected chi connectivity index (χ0v) is 19.5. The van der Waals surface area contributed by atoms with Gasteiger partial charge in [-0.3, -0.25) is 4.79 Å². The Bertz CT molecular complexity index is 1270. The maximum atomic E-state index is 12.7. The molecule has 0 N–H and O–H groups in total. The summed E-state index contributed by atoms with van der Waals surface area (Å²) in [6.07, 6.45) is 0. The Morgan fingerprint density at radius 3 is 2.37 bits per heavy atom. The Morgan fingerprint density at radius 1 is 0.886 bits per heavy atom. The van der Waals surface area contributed by atoms with Gasteiger partial charge in [0.05, 0.1) is 7.11 Å². The average molecular weight is 471 g/mol. The average Bonchev–Trinajstić information content (AvgIpc) is 3.43. The third-order valence-corrected chi connectivity index (χ3v) is 5.97. The minimum Gasteiger partial charge on any atom is -0.497 e. The Morgan fingerprint density at radius 2 is 1.63 bits per heavy atom. The van der Waals surface area contributed by atoms with Crippen molar-refractivity contribution in [1.82, 2.24) is 15.0 Å². The van der Waals surface area contributed by atoms with E-state index in [0.29, 0.717) is 30.6 Å². The number of rotatable bonds is 7. The van der Waals surface area contributed by atoms with Gasteiger partial charge in [-0.2, -0.15) is 4.98 Å². The van der Waals surface area contributed by atoms with E-state index in [0.717, 1.165) is 35.7 Å². The third kappa shape index (κ3) is 5.27. The SMILES string of the molecule is COc1ccc(N2CCN(C(=O)COc3cccc(-c4nc(-c5ccccc5)no4)c3)CC2)cc1. The molecule has 4 aromatic rings. The molecule has 0 aliphatic carbocycles. The first-order valence-electron chi connectivity index (χ1n) is 11.5. The first-order chi connectivity index (χ1) is 17.2. The third-order valence-electron chi connectivity index (χ3n) is 5.97. The van der Waals surface area contributed by atoms with Crippen LogP contribution in [0.15, 0.2) is 83.4 Å². The lowest BCUT2D eigenvalue weighted by molar-refractivity contribution is -0.133. The Balaban J connectivity index is 1.15. The molecule has 8 heteroatoms. The lowest BCUT2D eigenvalue weighted by Crippen LogP contribution is -2.50. The summed E-state index contributed by atoms with van der Waals surface area (Å²) >= 11 is 0. The van der Waals surface area contributed by atoms with E-state index in [1.54, 1.807) is 13.2 Å². The fourth-order valence-electron chi connectivity index (χ4n) is 4.01. The van der Waals surface area contributed by atoms with Gasteiger partial charge in [0, 0.05) is 43.0 Å². The minimum absolute atomic E-state index is 0.0227. The number of ether oxygens (including phenoxy) is 2. The number of hydrogen-bond acceptors (Lipinski definition) is 7. The van der Waals surface area contributed by atoms with Crippen molar-refractivity contribution >= 4 is 11.6 Å². The molecule has 178 valence electrons. The van der Waals surface area contributed by atoms with Crippen LogP contribution in [-0.2, 0) is 4.79 Å². The van der Waals surface area contributed by atoms with E-state index in [4.69, 9.17) is 14.0 Å². The van der Waals surface area contributed by atoms with Crippen LogP contribution in [0.25, 0.3) is 22.8 Å². The van der Waals surface area contributed by atoms with E-state index < -0.39 is 0 Å². The van der Waals surface area contributed by atoms with Crippen molar-refractivity contribution in [3.63, 3.8) is 0 Å². The van der Waals surface area contributed by atoms with Crippen molar-refractivity contribution in [1.29, 1.82) is 0 Å². The molecule has 35 heavy (non-hydrogen) atoms. The number of amides is 1. The van der Waals surface area contributed by atoms with Crippen LogP contribution in [0.3, 0.4) is 0 Å². The number of benzene rings is 3. The van der Waals surface area contributed by atoms with Crippen LogP contribution in [0.5, 0.6) is 11.5 Å². The predicted octanol–water partition coefficient (Wildman–Crippen LogP) is 4.14. The van der Waals surface area contributed by atoms with Crippen LogP contribution in [0, 0.1) is 0 Å². The van der Waals surface area contributed by atoms with Gasteiger partial charge in [0.15, 0.2) is 6.61 Å². The molecule has 0 unspecified atom stereocenters. The highest BCUT2D eigenvalue weighted by Gasteiger charge is 2.22. The Hall–Kier alpha value is -4.33. The van der Waals surface area contributed by atoms with Crippen molar-refractivity contribution in [2.45, 2.75) is 0 Å². The normalized spacial score (nSPS) is 13.5. The molecule has 1 saturated heterocycles. The molecule has 1 aromatic heterocycles. The molecule has 0 saturated carbocycles. The van der Waals surface area contributed by atoms with E-state index in [9.17, 15) is 4.79 Å². The van der Waals surface area contributed by atoms with Crippen LogP contribution < -0.4 is 14.4 Å². The standard InChI is InChI=1S/C27H26N4O4/c1-33-23-12-10-22(11-13-23)30-14-16-31(17-15-30)25(32)19-34-24-9-5-8-21(18-24)27-28-26(29-35-27)20-6-3-2-4-7-20/h2-13,18H,14-17,19H2,1H3. The molecule has 0 spiro atoms. The molecule has 0 atom stereocenters. The Labute approximate surface area is 203 Å². The van der Waals surface area contributed by atoms with Crippen molar-refractivity contribution in [2.24, 2.45) is 0 Å². The second kappa shape index (κ2) is 10.3. The fraction of sp³-hybridized carbons (Fsp3) is 0.222. The number of carbonyl (C=O) groups excluding carboxylic acids is 1. The van der Waals surface area contributed by atoms with Gasteiger partial charge in [0.2, 0.25) is 5.82 Å². The van der Waals surface area contributed by atoms with Crippen molar-refractivity contribution in [2.75, 3.05) is 44.8 Å². The van der Waals surface area contributed by atoms with Crippen molar-refractivity contribution < 1.29 is 18.8 Å². The smallest absolute Gasteiger partial charge is 0.260 e. The lowest BCUT2D eigenvalue weighted by Gasteiger charge is -2.36. The first kappa shape index (κ1) is 22.5. The number of piperazine rings is 1. The maximum absolute atomic E-state index is 12.7. The molecule has 8 nitrogen and oxygen atoms in total.